The molecule has 1 heterocycles. The normalized spacial score (nSPS) is 17.3. The molecule has 0 saturated carbocycles. The Morgan fingerprint density at radius 2 is 2.00 bits per heavy atom. The fraction of sp³-hybridized carbons (Fsp3) is 0.529. The van der Waals surface area contributed by atoms with Crippen molar-refractivity contribution in [2.45, 2.75) is 32.2 Å². The molecular weight excluding hydrogens is 314 g/mol. The molecule has 1 aromatic carbocycles. The van der Waals surface area contributed by atoms with Gasteiger partial charge in [0.1, 0.15) is 0 Å². The Hall–Kier alpha value is -1.59. The average molecular weight is 340 g/mol. The van der Waals surface area contributed by atoms with Gasteiger partial charge in [0.2, 0.25) is 0 Å². The first-order chi connectivity index (χ1) is 10.6. The zero-order valence-electron chi connectivity index (χ0n) is 13.8. The largest absolute Gasteiger partial charge is 0.342 e. The van der Waals surface area contributed by atoms with Crippen molar-refractivity contribution in [3.63, 3.8) is 0 Å². The lowest BCUT2D eigenvalue weighted by molar-refractivity contribution is 0.0623. The fourth-order valence-corrected chi connectivity index (χ4v) is 2.83. The van der Waals surface area contributed by atoms with E-state index >= 15 is 0 Å². The Kier molecular flexibility index (Phi) is 7.52. The van der Waals surface area contributed by atoms with Crippen LogP contribution in [0.15, 0.2) is 24.3 Å². The number of nitrogens with zero attached hydrogens (tertiary/aromatic N) is 2. The molecule has 23 heavy (non-hydrogen) atoms. The average Bonchev–Trinajstić information content (AvgIpc) is 2.59. The maximum atomic E-state index is 12.7. The van der Waals surface area contributed by atoms with Crippen LogP contribution < -0.4 is 5.73 Å². The molecule has 1 unspecified atom stereocenters. The summed E-state index contributed by atoms with van der Waals surface area (Å²) in [4.78, 5) is 28.4. The molecule has 2 amide bonds. The minimum absolute atomic E-state index is 0. The van der Waals surface area contributed by atoms with Crippen molar-refractivity contribution in [3.05, 3.63) is 35.4 Å². The van der Waals surface area contributed by atoms with E-state index in [-0.39, 0.29) is 30.3 Å². The van der Waals surface area contributed by atoms with Gasteiger partial charge < -0.3 is 15.5 Å². The highest BCUT2D eigenvalue weighted by Crippen LogP contribution is 2.19. The summed E-state index contributed by atoms with van der Waals surface area (Å²) in [6.45, 7) is 3.79. The van der Waals surface area contributed by atoms with Gasteiger partial charge in [0.15, 0.2) is 0 Å². The number of rotatable bonds is 4. The molecule has 1 fully saturated rings. The first-order valence-corrected chi connectivity index (χ1v) is 7.95. The molecular formula is C17H26ClN3O2. The zero-order chi connectivity index (χ0) is 16.1. The second-order valence-corrected chi connectivity index (χ2v) is 5.78. The van der Waals surface area contributed by atoms with E-state index in [9.17, 15) is 9.59 Å². The topological polar surface area (TPSA) is 66.6 Å². The number of nitrogens with two attached hydrogens (primary N) is 1. The van der Waals surface area contributed by atoms with Crippen LogP contribution in [-0.4, -0.2) is 54.3 Å². The van der Waals surface area contributed by atoms with E-state index in [4.69, 9.17) is 5.73 Å². The Morgan fingerprint density at radius 1 is 1.30 bits per heavy atom. The van der Waals surface area contributed by atoms with Gasteiger partial charge in [0.25, 0.3) is 11.8 Å². The molecule has 1 saturated heterocycles. The smallest absolute Gasteiger partial charge is 0.254 e. The summed E-state index contributed by atoms with van der Waals surface area (Å²) in [5.74, 6) is -0.0879. The Balaban J connectivity index is 0.00000264. The summed E-state index contributed by atoms with van der Waals surface area (Å²) in [7, 11) is 1.76. The third kappa shape index (κ3) is 4.45. The van der Waals surface area contributed by atoms with Gasteiger partial charge in [-0.25, -0.2) is 0 Å². The Bertz CT molecular complexity index is 550. The number of hydrogen-bond acceptors (Lipinski definition) is 3. The first kappa shape index (κ1) is 19.5. The van der Waals surface area contributed by atoms with Crippen molar-refractivity contribution in [1.82, 2.24) is 9.80 Å². The minimum Gasteiger partial charge on any atom is -0.342 e. The second kappa shape index (κ2) is 8.89. The van der Waals surface area contributed by atoms with Crippen molar-refractivity contribution >= 4 is 24.2 Å². The van der Waals surface area contributed by atoms with Crippen LogP contribution >= 0.6 is 12.4 Å². The highest BCUT2D eigenvalue weighted by Gasteiger charge is 2.26. The van der Waals surface area contributed by atoms with E-state index in [1.807, 2.05) is 11.8 Å². The number of carbonyl (C=O) groups is 2. The summed E-state index contributed by atoms with van der Waals surface area (Å²) in [6, 6.07) is 7.10. The number of benzene rings is 1. The number of likely N-dealkylation sites (tertiary alicyclic amines) is 1. The highest BCUT2D eigenvalue weighted by atomic mass is 35.5. The number of piperidine rings is 1. The van der Waals surface area contributed by atoms with Gasteiger partial charge in [0.05, 0.1) is 0 Å². The third-order valence-electron chi connectivity index (χ3n) is 4.34. The number of carbonyl (C=O) groups excluding carboxylic acids is 2. The minimum atomic E-state index is -0.0637. The van der Waals surface area contributed by atoms with Crippen molar-refractivity contribution in [3.8, 4) is 0 Å². The van der Waals surface area contributed by atoms with Crippen LogP contribution in [0.4, 0.5) is 0 Å². The predicted molar refractivity (Wildman–Crippen MR) is 94.1 cm³/mol. The van der Waals surface area contributed by atoms with E-state index in [1.54, 1.807) is 36.2 Å². The van der Waals surface area contributed by atoms with Crippen LogP contribution in [0.3, 0.4) is 0 Å². The van der Waals surface area contributed by atoms with Gasteiger partial charge in [-0.15, -0.1) is 12.4 Å². The molecule has 1 atom stereocenters. The van der Waals surface area contributed by atoms with Gasteiger partial charge in [-0.1, -0.05) is 6.07 Å². The van der Waals surface area contributed by atoms with Gasteiger partial charge in [-0.2, -0.15) is 0 Å². The van der Waals surface area contributed by atoms with E-state index in [1.165, 1.54) is 0 Å². The standard InChI is InChI=1S/C17H25N3O2.ClH/c1-3-19(2)16(21)13-7-6-8-14(11-13)17(22)20-10-5-4-9-15(20)12-18;/h6-8,11,15H,3-5,9-10,12,18H2,1-2H3;1H. The third-order valence-corrected chi connectivity index (χ3v) is 4.34. The van der Waals surface area contributed by atoms with Crippen LogP contribution in [0.5, 0.6) is 0 Å². The molecule has 0 spiro atoms. The summed E-state index contributed by atoms with van der Waals surface area (Å²) >= 11 is 0. The molecule has 0 aromatic heterocycles. The lowest BCUT2D eigenvalue weighted by Crippen LogP contribution is -2.47. The number of hydrogen-bond donors (Lipinski definition) is 1. The monoisotopic (exact) mass is 339 g/mol. The van der Waals surface area contributed by atoms with Gasteiger partial charge >= 0.3 is 0 Å². The molecule has 0 radical (unpaired) electrons. The first-order valence-electron chi connectivity index (χ1n) is 7.95. The Morgan fingerprint density at radius 3 is 2.65 bits per heavy atom. The molecule has 0 aliphatic carbocycles. The lowest BCUT2D eigenvalue weighted by Gasteiger charge is -2.35. The quantitative estimate of drug-likeness (QED) is 0.914. The molecule has 1 aliphatic heterocycles. The molecule has 2 N–H and O–H groups in total. The summed E-state index contributed by atoms with van der Waals surface area (Å²) < 4.78 is 0. The van der Waals surface area contributed by atoms with Gasteiger partial charge in [-0.05, 0) is 44.4 Å². The molecule has 2 rings (SSSR count). The molecule has 6 heteroatoms. The zero-order valence-corrected chi connectivity index (χ0v) is 14.6. The van der Waals surface area contributed by atoms with E-state index in [0.717, 1.165) is 25.8 Å². The summed E-state index contributed by atoms with van der Waals surface area (Å²) in [6.07, 6.45) is 3.09. The second-order valence-electron chi connectivity index (χ2n) is 5.78. The SMILES string of the molecule is CCN(C)C(=O)c1cccc(C(=O)N2CCCCC2CN)c1.Cl. The van der Waals surface area contributed by atoms with Crippen LogP contribution in [0.2, 0.25) is 0 Å². The Labute approximate surface area is 144 Å². The summed E-state index contributed by atoms with van der Waals surface area (Å²) in [5.41, 5.74) is 6.91. The number of amides is 2. The van der Waals surface area contributed by atoms with E-state index in [2.05, 4.69) is 0 Å². The van der Waals surface area contributed by atoms with Crippen molar-refractivity contribution in [1.29, 1.82) is 0 Å². The van der Waals surface area contributed by atoms with Crippen LogP contribution in [0.25, 0.3) is 0 Å². The van der Waals surface area contributed by atoms with Crippen molar-refractivity contribution in [2.75, 3.05) is 26.7 Å². The highest BCUT2D eigenvalue weighted by molar-refractivity contribution is 5.99. The molecule has 0 bridgehead atoms. The van der Waals surface area contributed by atoms with E-state index in [0.29, 0.717) is 24.2 Å². The predicted octanol–water partition coefficient (Wildman–Crippen LogP) is 2.15. The van der Waals surface area contributed by atoms with Gasteiger partial charge in [-0.3, -0.25) is 9.59 Å². The van der Waals surface area contributed by atoms with Crippen LogP contribution in [-0.2, 0) is 0 Å². The molecule has 128 valence electrons. The maximum Gasteiger partial charge on any atom is 0.254 e. The van der Waals surface area contributed by atoms with Crippen molar-refractivity contribution in [2.24, 2.45) is 5.73 Å². The molecule has 5 nitrogen and oxygen atoms in total. The maximum absolute atomic E-state index is 12.7. The van der Waals surface area contributed by atoms with E-state index < -0.39 is 0 Å². The lowest BCUT2D eigenvalue weighted by atomic mass is 10.00. The molecule has 1 aliphatic rings. The van der Waals surface area contributed by atoms with Gasteiger partial charge in [0, 0.05) is 43.9 Å². The summed E-state index contributed by atoms with van der Waals surface area (Å²) in [5, 5.41) is 0. The van der Waals surface area contributed by atoms with Crippen LogP contribution in [0.1, 0.15) is 46.9 Å². The van der Waals surface area contributed by atoms with Crippen molar-refractivity contribution < 1.29 is 9.59 Å². The number of halogens is 1. The molecule has 1 aromatic rings. The fourth-order valence-electron chi connectivity index (χ4n) is 2.83. The van der Waals surface area contributed by atoms with Crippen LogP contribution in [0, 0.1) is 0 Å².